The van der Waals surface area contributed by atoms with Crippen LogP contribution in [-0.4, -0.2) is 28.4 Å². The van der Waals surface area contributed by atoms with Crippen molar-refractivity contribution >= 4 is 34.3 Å². The van der Waals surface area contributed by atoms with Crippen LogP contribution in [0.3, 0.4) is 0 Å². The first-order valence-corrected chi connectivity index (χ1v) is 7.18. The third kappa shape index (κ3) is 3.10. The quantitative estimate of drug-likeness (QED) is 0.682. The van der Waals surface area contributed by atoms with Crippen molar-refractivity contribution in [3.8, 4) is 17.2 Å². The zero-order chi connectivity index (χ0) is 15.0. The molecule has 2 aromatic carbocycles. The summed E-state index contributed by atoms with van der Waals surface area (Å²) in [5.41, 5.74) is 1.81. The Bertz CT molecular complexity index is 680. The summed E-state index contributed by atoms with van der Waals surface area (Å²) in [6.07, 6.45) is 0.927. The molecule has 1 unspecified atom stereocenters. The number of nitrogens with zero attached hydrogens (tertiary/aromatic N) is 1. The maximum absolute atomic E-state index is 9.69. The lowest BCUT2D eigenvalue weighted by molar-refractivity contribution is 0.402. The average molecular weight is 387 g/mol. The fourth-order valence-corrected chi connectivity index (χ4v) is 3.04. The van der Waals surface area contributed by atoms with Gasteiger partial charge in [0.05, 0.1) is 5.69 Å². The first-order chi connectivity index (χ1) is 10.1. The smallest absolute Gasteiger partial charge is 0.157 e. The highest BCUT2D eigenvalue weighted by molar-refractivity contribution is 8.93. The molecule has 0 aromatic heterocycles. The van der Waals surface area contributed by atoms with Gasteiger partial charge in [-0.25, -0.2) is 0 Å². The SMILES string of the molecule is Br.Oc1ccc(C2CCN(c3cccc(O)c3Cl)C2)cc1O. The van der Waals surface area contributed by atoms with Gasteiger partial charge in [0, 0.05) is 19.0 Å². The Kier molecular flexibility index (Phi) is 5.08. The van der Waals surface area contributed by atoms with Crippen LogP contribution in [0.1, 0.15) is 17.9 Å². The van der Waals surface area contributed by atoms with E-state index >= 15 is 0 Å². The van der Waals surface area contributed by atoms with E-state index in [0.717, 1.165) is 30.8 Å². The van der Waals surface area contributed by atoms with Crippen molar-refractivity contribution in [2.24, 2.45) is 0 Å². The molecule has 1 fully saturated rings. The molecule has 1 saturated heterocycles. The number of hydrogen-bond acceptors (Lipinski definition) is 4. The number of phenolic OH excluding ortho intramolecular Hbond substituents is 3. The predicted octanol–water partition coefficient (Wildman–Crippen LogP) is 4.03. The molecule has 1 aliphatic rings. The van der Waals surface area contributed by atoms with Gasteiger partial charge in [0.15, 0.2) is 11.5 Å². The van der Waals surface area contributed by atoms with Gasteiger partial charge in [-0.15, -0.1) is 17.0 Å². The first-order valence-electron chi connectivity index (χ1n) is 6.80. The fraction of sp³-hybridized carbons (Fsp3) is 0.250. The molecule has 0 radical (unpaired) electrons. The van der Waals surface area contributed by atoms with Gasteiger partial charge in [0.1, 0.15) is 10.8 Å². The Hall–Kier alpha value is -1.59. The van der Waals surface area contributed by atoms with E-state index < -0.39 is 0 Å². The number of aromatic hydroxyl groups is 3. The second-order valence-electron chi connectivity index (χ2n) is 5.29. The molecular weight excluding hydrogens is 370 g/mol. The fourth-order valence-electron chi connectivity index (χ4n) is 2.80. The van der Waals surface area contributed by atoms with Gasteiger partial charge in [-0.05, 0) is 36.2 Å². The van der Waals surface area contributed by atoms with Gasteiger partial charge in [-0.2, -0.15) is 0 Å². The Morgan fingerprint density at radius 2 is 1.77 bits per heavy atom. The first kappa shape index (κ1) is 16.8. The molecule has 0 amide bonds. The Morgan fingerprint density at radius 3 is 2.50 bits per heavy atom. The van der Waals surface area contributed by atoms with Crippen molar-refractivity contribution in [1.82, 2.24) is 0 Å². The average Bonchev–Trinajstić information content (AvgIpc) is 2.94. The van der Waals surface area contributed by atoms with Crippen LogP contribution >= 0.6 is 28.6 Å². The number of anilines is 1. The summed E-state index contributed by atoms with van der Waals surface area (Å²) in [6.45, 7) is 1.59. The van der Waals surface area contributed by atoms with Crippen molar-refractivity contribution in [3.05, 3.63) is 47.0 Å². The van der Waals surface area contributed by atoms with Crippen LogP contribution < -0.4 is 4.90 Å². The van der Waals surface area contributed by atoms with Gasteiger partial charge >= 0.3 is 0 Å². The second-order valence-corrected chi connectivity index (χ2v) is 5.67. The minimum atomic E-state index is -0.107. The number of halogens is 2. The van der Waals surface area contributed by atoms with Gasteiger partial charge in [0.25, 0.3) is 0 Å². The Balaban J connectivity index is 0.00000176. The maximum Gasteiger partial charge on any atom is 0.157 e. The second kappa shape index (κ2) is 6.67. The number of rotatable bonds is 2. The number of hydrogen-bond donors (Lipinski definition) is 3. The summed E-state index contributed by atoms with van der Waals surface area (Å²) < 4.78 is 0. The molecule has 22 heavy (non-hydrogen) atoms. The molecule has 2 aromatic rings. The molecule has 1 aliphatic heterocycles. The zero-order valence-electron chi connectivity index (χ0n) is 11.7. The van der Waals surface area contributed by atoms with E-state index in [1.165, 1.54) is 6.07 Å². The van der Waals surface area contributed by atoms with E-state index in [1.807, 2.05) is 12.1 Å². The van der Waals surface area contributed by atoms with Crippen LogP contribution in [0.4, 0.5) is 5.69 Å². The minimum absolute atomic E-state index is 0. The molecule has 1 heterocycles. The van der Waals surface area contributed by atoms with E-state index in [9.17, 15) is 15.3 Å². The standard InChI is InChI=1S/C16H16ClNO3.BrH/c17-16-12(2-1-3-14(16)20)18-7-6-11(9-18)10-4-5-13(19)15(21)8-10;/h1-5,8,11,19-21H,6-7,9H2;1H. The van der Waals surface area contributed by atoms with E-state index in [2.05, 4.69) is 4.90 Å². The van der Waals surface area contributed by atoms with E-state index in [0.29, 0.717) is 5.02 Å². The molecule has 6 heteroatoms. The largest absolute Gasteiger partial charge is 0.506 e. The molecule has 0 saturated carbocycles. The molecule has 118 valence electrons. The van der Waals surface area contributed by atoms with Crippen LogP contribution in [0, 0.1) is 0 Å². The normalized spacial score (nSPS) is 17.3. The summed E-state index contributed by atoms with van der Waals surface area (Å²) in [5.74, 6) is 0.140. The topological polar surface area (TPSA) is 63.9 Å². The molecular formula is C16H17BrClNO3. The highest BCUT2D eigenvalue weighted by Crippen LogP contribution is 2.39. The molecule has 3 N–H and O–H groups in total. The van der Waals surface area contributed by atoms with Crippen molar-refractivity contribution in [3.63, 3.8) is 0 Å². The number of phenols is 3. The van der Waals surface area contributed by atoms with Gasteiger partial charge in [-0.3, -0.25) is 0 Å². The maximum atomic E-state index is 9.69. The van der Waals surface area contributed by atoms with Crippen LogP contribution in [-0.2, 0) is 0 Å². The highest BCUT2D eigenvalue weighted by atomic mass is 79.9. The van der Waals surface area contributed by atoms with Crippen molar-refractivity contribution in [2.75, 3.05) is 18.0 Å². The summed E-state index contributed by atoms with van der Waals surface area (Å²) in [7, 11) is 0. The third-order valence-electron chi connectivity index (χ3n) is 3.96. The Labute approximate surface area is 144 Å². The van der Waals surface area contributed by atoms with Crippen LogP contribution in [0.2, 0.25) is 5.02 Å². The van der Waals surface area contributed by atoms with Crippen LogP contribution in [0.15, 0.2) is 36.4 Å². The molecule has 3 rings (SSSR count). The molecule has 0 spiro atoms. The van der Waals surface area contributed by atoms with E-state index in [4.69, 9.17) is 11.6 Å². The van der Waals surface area contributed by atoms with Crippen molar-refractivity contribution in [2.45, 2.75) is 12.3 Å². The van der Waals surface area contributed by atoms with Crippen molar-refractivity contribution in [1.29, 1.82) is 0 Å². The van der Waals surface area contributed by atoms with Gasteiger partial charge in [-0.1, -0.05) is 23.7 Å². The Morgan fingerprint density at radius 1 is 1.00 bits per heavy atom. The molecule has 1 atom stereocenters. The van der Waals surface area contributed by atoms with E-state index in [-0.39, 0.29) is 40.1 Å². The monoisotopic (exact) mass is 385 g/mol. The van der Waals surface area contributed by atoms with Crippen LogP contribution in [0.25, 0.3) is 0 Å². The highest BCUT2D eigenvalue weighted by Gasteiger charge is 2.26. The zero-order valence-corrected chi connectivity index (χ0v) is 14.2. The van der Waals surface area contributed by atoms with Crippen molar-refractivity contribution < 1.29 is 15.3 Å². The lowest BCUT2D eigenvalue weighted by Gasteiger charge is -2.20. The summed E-state index contributed by atoms with van der Waals surface area (Å²) in [5, 5.41) is 29.0. The summed E-state index contributed by atoms with van der Waals surface area (Å²) in [4.78, 5) is 2.12. The summed E-state index contributed by atoms with van der Waals surface area (Å²) >= 11 is 6.15. The summed E-state index contributed by atoms with van der Waals surface area (Å²) in [6, 6.07) is 10.2. The minimum Gasteiger partial charge on any atom is -0.506 e. The molecule has 0 bridgehead atoms. The van der Waals surface area contributed by atoms with E-state index in [1.54, 1.807) is 18.2 Å². The van der Waals surface area contributed by atoms with Crippen LogP contribution in [0.5, 0.6) is 17.2 Å². The molecule has 0 aliphatic carbocycles. The lowest BCUT2D eigenvalue weighted by Crippen LogP contribution is -2.19. The van der Waals surface area contributed by atoms with Gasteiger partial charge < -0.3 is 20.2 Å². The lowest BCUT2D eigenvalue weighted by atomic mass is 9.98. The molecule has 4 nitrogen and oxygen atoms in total. The van der Waals surface area contributed by atoms with Gasteiger partial charge in [0.2, 0.25) is 0 Å². The predicted molar refractivity (Wildman–Crippen MR) is 92.8 cm³/mol. The third-order valence-corrected chi connectivity index (χ3v) is 4.35. The number of benzene rings is 2.